The van der Waals surface area contributed by atoms with Crippen LogP contribution in [0.15, 0.2) is 83.3 Å². The van der Waals surface area contributed by atoms with Crippen molar-refractivity contribution in [2.24, 2.45) is 0 Å². The Morgan fingerprint density at radius 1 is 0.931 bits per heavy atom. The molecule has 4 rings (SSSR count). The van der Waals surface area contributed by atoms with Gasteiger partial charge in [-0.15, -0.1) is 5.10 Å². The van der Waals surface area contributed by atoms with Crippen LogP contribution >= 0.6 is 15.9 Å². The molecule has 146 valence electrons. The van der Waals surface area contributed by atoms with Gasteiger partial charge >= 0.3 is 0 Å². The molecule has 29 heavy (non-hydrogen) atoms. The van der Waals surface area contributed by atoms with Gasteiger partial charge in [0.1, 0.15) is 0 Å². The van der Waals surface area contributed by atoms with Gasteiger partial charge in [0, 0.05) is 11.0 Å². The molecule has 3 aromatic carbocycles. The summed E-state index contributed by atoms with van der Waals surface area (Å²) in [6, 6.07) is 26.9. The number of aryl methyl sites for hydroxylation is 1. The number of para-hydroxylation sites is 1. The molecule has 0 amide bonds. The summed E-state index contributed by atoms with van der Waals surface area (Å²) in [5, 5.41) is 12.8. The molecule has 0 radical (unpaired) electrons. The van der Waals surface area contributed by atoms with Gasteiger partial charge < -0.3 is 0 Å². The van der Waals surface area contributed by atoms with E-state index < -0.39 is 0 Å². The smallest absolute Gasteiger partial charge is 0.178 e. The summed E-state index contributed by atoms with van der Waals surface area (Å²) in [4.78, 5) is 2.28. The number of aromatic nitrogens is 4. The number of hydrogen-bond donors (Lipinski definition) is 0. The highest BCUT2D eigenvalue weighted by atomic mass is 79.9. The molecule has 0 bridgehead atoms. The van der Waals surface area contributed by atoms with Crippen LogP contribution in [-0.2, 0) is 6.54 Å². The molecule has 5 nitrogen and oxygen atoms in total. The Bertz CT molecular complexity index is 1080. The van der Waals surface area contributed by atoms with E-state index >= 15 is 0 Å². The van der Waals surface area contributed by atoms with E-state index in [4.69, 9.17) is 0 Å². The van der Waals surface area contributed by atoms with Crippen molar-refractivity contribution in [1.29, 1.82) is 0 Å². The standard InChI is InChI=1S/C23H22BrN5/c1-17-8-6-7-11-21(17)29-23(25-26-27-29)22(19-9-4-3-5-10-19)28(2)16-18-12-14-20(24)15-13-18/h3-15,22H,16H2,1-2H3. The Balaban J connectivity index is 1.76. The summed E-state index contributed by atoms with van der Waals surface area (Å²) < 4.78 is 2.93. The van der Waals surface area contributed by atoms with Gasteiger partial charge in [0.2, 0.25) is 0 Å². The Morgan fingerprint density at radius 3 is 2.34 bits per heavy atom. The first-order valence-electron chi connectivity index (χ1n) is 9.47. The lowest BCUT2D eigenvalue weighted by Crippen LogP contribution is -2.28. The van der Waals surface area contributed by atoms with Crippen LogP contribution in [0.25, 0.3) is 5.69 Å². The Morgan fingerprint density at radius 2 is 1.62 bits per heavy atom. The molecular weight excluding hydrogens is 426 g/mol. The second kappa shape index (κ2) is 8.68. The van der Waals surface area contributed by atoms with Crippen molar-refractivity contribution in [2.45, 2.75) is 19.5 Å². The van der Waals surface area contributed by atoms with Crippen molar-refractivity contribution in [1.82, 2.24) is 25.1 Å². The topological polar surface area (TPSA) is 46.8 Å². The SMILES string of the molecule is Cc1ccccc1-n1nnnc1C(c1ccccc1)N(C)Cc1ccc(Br)cc1. The number of nitrogens with zero attached hydrogens (tertiary/aromatic N) is 5. The molecule has 0 aliphatic rings. The number of tetrazole rings is 1. The molecule has 0 saturated heterocycles. The van der Waals surface area contributed by atoms with E-state index in [9.17, 15) is 0 Å². The van der Waals surface area contributed by atoms with Crippen LogP contribution in [0.5, 0.6) is 0 Å². The highest BCUT2D eigenvalue weighted by Crippen LogP contribution is 2.29. The van der Waals surface area contributed by atoms with Crippen molar-refractivity contribution in [2.75, 3.05) is 7.05 Å². The molecular formula is C23H22BrN5. The van der Waals surface area contributed by atoms with Gasteiger partial charge in [0.05, 0.1) is 11.7 Å². The van der Waals surface area contributed by atoms with Crippen LogP contribution in [0.2, 0.25) is 0 Å². The molecule has 4 aromatic rings. The highest BCUT2D eigenvalue weighted by Gasteiger charge is 2.26. The third kappa shape index (κ3) is 4.28. The van der Waals surface area contributed by atoms with Crippen molar-refractivity contribution in [3.8, 4) is 5.69 Å². The average molecular weight is 448 g/mol. The second-order valence-corrected chi connectivity index (χ2v) is 8.01. The molecule has 0 aliphatic heterocycles. The molecule has 0 spiro atoms. The highest BCUT2D eigenvalue weighted by molar-refractivity contribution is 9.10. The molecule has 1 heterocycles. The van der Waals surface area contributed by atoms with Crippen molar-refractivity contribution in [3.05, 3.63) is 106 Å². The van der Waals surface area contributed by atoms with E-state index in [1.807, 2.05) is 28.9 Å². The van der Waals surface area contributed by atoms with Gasteiger partial charge in [0.25, 0.3) is 0 Å². The fraction of sp³-hybridized carbons (Fsp3) is 0.174. The van der Waals surface area contributed by atoms with Gasteiger partial charge in [-0.2, -0.15) is 4.68 Å². The Hall–Kier alpha value is -2.83. The summed E-state index contributed by atoms with van der Waals surface area (Å²) in [7, 11) is 2.11. The lowest BCUT2D eigenvalue weighted by Gasteiger charge is -2.28. The van der Waals surface area contributed by atoms with Crippen molar-refractivity contribution >= 4 is 15.9 Å². The lowest BCUT2D eigenvalue weighted by molar-refractivity contribution is 0.258. The summed E-state index contributed by atoms with van der Waals surface area (Å²) in [5.41, 5.74) is 4.50. The fourth-order valence-electron chi connectivity index (χ4n) is 3.54. The summed E-state index contributed by atoms with van der Waals surface area (Å²) in [6.45, 7) is 2.84. The van der Waals surface area contributed by atoms with Crippen LogP contribution in [0, 0.1) is 6.92 Å². The number of rotatable bonds is 6. The quantitative estimate of drug-likeness (QED) is 0.419. The first kappa shape index (κ1) is 19.5. The predicted octanol–water partition coefficient (Wildman–Crippen LogP) is 4.95. The van der Waals surface area contributed by atoms with Crippen LogP contribution in [0.1, 0.15) is 28.6 Å². The maximum atomic E-state index is 4.44. The second-order valence-electron chi connectivity index (χ2n) is 7.09. The van der Waals surface area contributed by atoms with Gasteiger partial charge in [-0.05, 0) is 59.3 Å². The zero-order valence-corrected chi connectivity index (χ0v) is 18.0. The molecule has 1 aromatic heterocycles. The zero-order chi connectivity index (χ0) is 20.2. The van der Waals surface area contributed by atoms with Gasteiger partial charge in [-0.1, -0.05) is 76.6 Å². The summed E-state index contributed by atoms with van der Waals surface area (Å²) in [6.07, 6.45) is 0. The van der Waals surface area contributed by atoms with Gasteiger partial charge in [-0.3, -0.25) is 4.90 Å². The summed E-state index contributed by atoms with van der Waals surface area (Å²) in [5.74, 6) is 0.796. The first-order chi connectivity index (χ1) is 14.1. The van der Waals surface area contributed by atoms with E-state index in [0.717, 1.165) is 33.7 Å². The first-order valence-corrected chi connectivity index (χ1v) is 10.3. The van der Waals surface area contributed by atoms with Crippen LogP contribution in [0.3, 0.4) is 0 Å². The maximum absolute atomic E-state index is 4.44. The van der Waals surface area contributed by atoms with E-state index in [2.05, 4.69) is 105 Å². The molecule has 0 N–H and O–H groups in total. The minimum Gasteiger partial charge on any atom is -0.288 e. The number of benzene rings is 3. The van der Waals surface area contributed by atoms with Crippen LogP contribution in [0.4, 0.5) is 0 Å². The third-order valence-electron chi connectivity index (χ3n) is 4.98. The molecule has 6 heteroatoms. The van der Waals surface area contributed by atoms with E-state index in [1.54, 1.807) is 0 Å². The van der Waals surface area contributed by atoms with Crippen molar-refractivity contribution in [3.63, 3.8) is 0 Å². The lowest BCUT2D eigenvalue weighted by atomic mass is 10.0. The van der Waals surface area contributed by atoms with E-state index in [-0.39, 0.29) is 6.04 Å². The summed E-state index contributed by atoms with van der Waals surface area (Å²) >= 11 is 3.51. The number of halogens is 1. The average Bonchev–Trinajstić information content (AvgIpc) is 3.20. The molecule has 0 fully saturated rings. The minimum atomic E-state index is -0.0885. The van der Waals surface area contributed by atoms with E-state index in [0.29, 0.717) is 0 Å². The predicted molar refractivity (Wildman–Crippen MR) is 118 cm³/mol. The van der Waals surface area contributed by atoms with Crippen LogP contribution < -0.4 is 0 Å². The number of hydrogen-bond acceptors (Lipinski definition) is 4. The monoisotopic (exact) mass is 447 g/mol. The molecule has 0 saturated carbocycles. The normalized spacial score (nSPS) is 12.3. The van der Waals surface area contributed by atoms with Gasteiger partial charge in [0.15, 0.2) is 5.82 Å². The maximum Gasteiger partial charge on any atom is 0.178 e. The Labute approximate surface area is 179 Å². The van der Waals surface area contributed by atoms with E-state index in [1.165, 1.54) is 5.56 Å². The third-order valence-corrected chi connectivity index (χ3v) is 5.51. The fourth-order valence-corrected chi connectivity index (χ4v) is 3.81. The van der Waals surface area contributed by atoms with Gasteiger partial charge in [-0.25, -0.2) is 0 Å². The molecule has 0 aliphatic carbocycles. The molecule has 1 unspecified atom stereocenters. The van der Waals surface area contributed by atoms with Crippen LogP contribution in [-0.4, -0.2) is 32.2 Å². The van der Waals surface area contributed by atoms with Crippen molar-refractivity contribution < 1.29 is 0 Å². The largest absolute Gasteiger partial charge is 0.288 e. The zero-order valence-electron chi connectivity index (χ0n) is 16.4. The minimum absolute atomic E-state index is 0.0885. The molecule has 1 atom stereocenters. The Kier molecular flexibility index (Phi) is 5.83.